The Morgan fingerprint density at radius 3 is 0.915 bits per heavy atom. The average molecular weight is 1050 g/mol. The molecular formula is C39H69NO31. The second-order valence-corrected chi connectivity index (χ2v) is 17.9. The molecule has 0 bridgehead atoms. The van der Waals surface area contributed by atoms with Crippen LogP contribution >= 0.6 is 0 Å². The zero-order chi connectivity index (χ0) is 52.2. The zero-order valence-electron chi connectivity index (χ0n) is 37.7. The summed E-state index contributed by atoms with van der Waals surface area (Å²) in [7, 11) is 0. The monoisotopic (exact) mass is 1050 g/mol. The Labute approximate surface area is 402 Å². The van der Waals surface area contributed by atoms with E-state index in [1.165, 1.54) is 0 Å². The second kappa shape index (κ2) is 26.2. The molecule has 71 heavy (non-hydrogen) atoms. The van der Waals surface area contributed by atoms with Crippen molar-refractivity contribution < 1.29 is 154 Å². The van der Waals surface area contributed by atoms with E-state index in [2.05, 4.69) is 0 Å². The van der Waals surface area contributed by atoms with E-state index in [0.29, 0.717) is 6.42 Å². The number of hydrogen-bond acceptors (Lipinski definition) is 32. The maximum absolute atomic E-state index is 11.5. The summed E-state index contributed by atoms with van der Waals surface area (Å²) in [6, 6.07) is 0. The van der Waals surface area contributed by atoms with Gasteiger partial charge in [-0.2, -0.15) is 0 Å². The molecule has 6 saturated heterocycles. The van der Waals surface area contributed by atoms with Crippen LogP contribution in [0.4, 0.5) is 0 Å². The number of hydrogen-bond donors (Lipinski definition) is 20. The molecule has 21 N–H and O–H groups in total. The summed E-state index contributed by atoms with van der Waals surface area (Å²) in [5, 5.41) is 200. The highest BCUT2D eigenvalue weighted by Gasteiger charge is 2.54. The Morgan fingerprint density at radius 1 is 0.296 bits per heavy atom. The van der Waals surface area contributed by atoms with Crippen LogP contribution in [0.1, 0.15) is 6.42 Å². The van der Waals surface area contributed by atoms with Crippen molar-refractivity contribution in [3.63, 3.8) is 0 Å². The summed E-state index contributed by atoms with van der Waals surface area (Å²) in [6.45, 7) is -4.58. The third kappa shape index (κ3) is 13.3. The van der Waals surface area contributed by atoms with Gasteiger partial charge in [0.15, 0.2) is 37.7 Å². The predicted octanol–water partition coefficient (Wildman–Crippen LogP) is -13.7. The van der Waals surface area contributed by atoms with Crippen LogP contribution in [0.25, 0.3) is 0 Å². The zero-order valence-corrected chi connectivity index (χ0v) is 37.7. The van der Waals surface area contributed by atoms with E-state index in [1.54, 1.807) is 0 Å². The molecule has 6 rings (SSSR count). The van der Waals surface area contributed by atoms with Crippen LogP contribution in [-0.2, 0) is 56.8 Å². The van der Waals surface area contributed by atoms with Crippen LogP contribution in [0, 0.1) is 0 Å². The van der Waals surface area contributed by atoms with Gasteiger partial charge in [0.1, 0.15) is 146 Å². The third-order valence-electron chi connectivity index (χ3n) is 13.0. The SMILES string of the molecule is NCCCO[C@H]1O[C@H](CO[C@H]2O[C@H](CO[C@H]3O[C@H](CO[C@H]4O[C@H](CO[C@H]5O[C@H](CO)[C@@H](O)[C@H](O)[C@@H]5O)[C@@H](O)[C@H](O)[C@@H]4O)[C@@H](O)[C@H](O)[C@@H]3O[C@H]3O[C@H](CO)[C@@H](O)[C@H](O)[C@@H]3O)[C@@H](O)[C@H](O)[C@@H]2O)[C@@H](O)[C@H](O)[C@@H]1O. The minimum absolute atomic E-state index is 0.0106. The van der Waals surface area contributed by atoms with Crippen molar-refractivity contribution >= 4 is 0 Å². The van der Waals surface area contributed by atoms with Crippen LogP contribution in [0.2, 0.25) is 0 Å². The fourth-order valence-corrected chi connectivity index (χ4v) is 8.48. The molecule has 6 heterocycles. The van der Waals surface area contributed by atoms with E-state index in [4.69, 9.17) is 62.6 Å². The van der Waals surface area contributed by atoms with Crippen molar-refractivity contribution in [3.8, 4) is 0 Å². The van der Waals surface area contributed by atoms with Gasteiger partial charge in [-0.1, -0.05) is 0 Å². The normalized spacial score (nSPS) is 51.0. The van der Waals surface area contributed by atoms with Gasteiger partial charge < -0.3 is 160 Å². The van der Waals surface area contributed by atoms with Crippen molar-refractivity contribution in [1.82, 2.24) is 0 Å². The molecule has 0 aromatic heterocycles. The molecule has 0 unspecified atom stereocenters. The van der Waals surface area contributed by atoms with Gasteiger partial charge in [-0.3, -0.25) is 0 Å². The Kier molecular flexibility index (Phi) is 21.7. The molecule has 0 saturated carbocycles. The molecule has 0 aliphatic carbocycles. The Balaban J connectivity index is 1.14. The van der Waals surface area contributed by atoms with Gasteiger partial charge in [-0.15, -0.1) is 0 Å². The van der Waals surface area contributed by atoms with Crippen LogP contribution < -0.4 is 5.73 Å². The first kappa shape index (κ1) is 59.0. The van der Waals surface area contributed by atoms with Gasteiger partial charge in [0.25, 0.3) is 0 Å². The van der Waals surface area contributed by atoms with Crippen molar-refractivity contribution in [2.24, 2.45) is 5.73 Å². The number of ether oxygens (including phenoxy) is 12. The molecule has 6 aliphatic heterocycles. The molecule has 6 aliphatic rings. The van der Waals surface area contributed by atoms with Gasteiger partial charge in [0.05, 0.1) is 46.2 Å². The quantitative estimate of drug-likeness (QED) is 0.0504. The standard InChI is InChI=1S/C39H69NO31/c40-2-1-3-60-34-28(55)24(51)18(45)12(67-34)6-62-36-31(58)26(53)20(47)14(69-36)9-64-39-33(71-38-32(59)23(50)17(44)11(5-42)66-38)27(54)21(48)15(70-39)8-63-37-30(57)25(52)19(46)13(68-37)7-61-35-29(56)22(49)16(43)10(4-41)65-35/h10-39,41-59H,1-9,40H2/t10-,11-,12-,13-,14-,15-,16-,17-,18-,19-,20-,21-,22+,23+,24+,25+,26+,27+,28+,29+,30+,31+,32+,33+,34+,35+,36+,37+,38-,39+/m1/s1. The Morgan fingerprint density at radius 2 is 0.563 bits per heavy atom. The summed E-state index contributed by atoms with van der Waals surface area (Å²) in [5.41, 5.74) is 5.47. The minimum Gasteiger partial charge on any atom is -0.394 e. The van der Waals surface area contributed by atoms with Crippen molar-refractivity contribution in [1.29, 1.82) is 0 Å². The Bertz CT molecular complexity index is 1580. The molecule has 0 aromatic rings. The van der Waals surface area contributed by atoms with Crippen LogP contribution in [0.5, 0.6) is 0 Å². The van der Waals surface area contributed by atoms with E-state index in [0.717, 1.165) is 0 Å². The van der Waals surface area contributed by atoms with Crippen LogP contribution in [0.15, 0.2) is 0 Å². The van der Waals surface area contributed by atoms with Gasteiger partial charge in [0.2, 0.25) is 0 Å². The fraction of sp³-hybridized carbons (Fsp3) is 1.00. The Hall–Kier alpha value is -1.28. The molecule has 6 fully saturated rings. The number of aliphatic hydroxyl groups is 19. The first-order valence-corrected chi connectivity index (χ1v) is 22.8. The van der Waals surface area contributed by atoms with E-state index in [-0.39, 0.29) is 13.2 Å². The van der Waals surface area contributed by atoms with Crippen LogP contribution in [-0.4, -0.2) is 334 Å². The van der Waals surface area contributed by atoms with Crippen molar-refractivity contribution in [2.45, 2.75) is 191 Å². The first-order valence-electron chi connectivity index (χ1n) is 22.8. The molecule has 0 radical (unpaired) electrons. The molecular weight excluding hydrogens is 978 g/mol. The lowest BCUT2D eigenvalue weighted by atomic mass is 9.97. The predicted molar refractivity (Wildman–Crippen MR) is 217 cm³/mol. The highest BCUT2D eigenvalue weighted by Crippen LogP contribution is 2.33. The second-order valence-electron chi connectivity index (χ2n) is 17.9. The van der Waals surface area contributed by atoms with E-state index >= 15 is 0 Å². The van der Waals surface area contributed by atoms with E-state index < -0.39 is 224 Å². The van der Waals surface area contributed by atoms with Gasteiger partial charge in [-0.25, -0.2) is 0 Å². The van der Waals surface area contributed by atoms with E-state index in [9.17, 15) is 97.0 Å². The summed E-state index contributed by atoms with van der Waals surface area (Å²) in [4.78, 5) is 0. The minimum atomic E-state index is -2.14. The van der Waals surface area contributed by atoms with Gasteiger partial charge in [0, 0.05) is 0 Å². The third-order valence-corrected chi connectivity index (χ3v) is 13.0. The number of nitrogens with two attached hydrogens (primary N) is 1. The number of aliphatic hydroxyl groups excluding tert-OH is 19. The first-order chi connectivity index (χ1) is 33.6. The topological polar surface area (TPSA) is 521 Å². The lowest BCUT2D eigenvalue weighted by molar-refractivity contribution is -0.378. The summed E-state index contributed by atoms with van der Waals surface area (Å²) in [5.74, 6) is 0. The highest BCUT2D eigenvalue weighted by atomic mass is 16.8. The van der Waals surface area contributed by atoms with Crippen molar-refractivity contribution in [2.75, 3.05) is 52.8 Å². The molecule has 0 amide bonds. The van der Waals surface area contributed by atoms with Gasteiger partial charge >= 0.3 is 0 Å². The van der Waals surface area contributed by atoms with Crippen LogP contribution in [0.3, 0.4) is 0 Å². The number of rotatable bonds is 20. The molecule has 416 valence electrons. The average Bonchev–Trinajstić information content (AvgIpc) is 3.36. The summed E-state index contributed by atoms with van der Waals surface area (Å²) in [6.07, 6.45) is -54.3. The molecule has 0 aromatic carbocycles. The van der Waals surface area contributed by atoms with Crippen molar-refractivity contribution in [3.05, 3.63) is 0 Å². The smallest absolute Gasteiger partial charge is 0.187 e. The highest BCUT2D eigenvalue weighted by molar-refractivity contribution is 4.97. The largest absolute Gasteiger partial charge is 0.394 e. The molecule has 32 nitrogen and oxygen atoms in total. The lowest BCUT2D eigenvalue weighted by Crippen LogP contribution is -2.65. The molecule has 30 atom stereocenters. The van der Waals surface area contributed by atoms with Gasteiger partial charge in [-0.05, 0) is 13.0 Å². The fourth-order valence-electron chi connectivity index (χ4n) is 8.48. The molecule has 32 heteroatoms. The maximum atomic E-state index is 11.5. The summed E-state index contributed by atoms with van der Waals surface area (Å²) >= 11 is 0. The molecule has 0 spiro atoms. The maximum Gasteiger partial charge on any atom is 0.187 e. The van der Waals surface area contributed by atoms with E-state index in [1.807, 2.05) is 0 Å². The lowest BCUT2D eigenvalue weighted by Gasteiger charge is -2.47. The summed E-state index contributed by atoms with van der Waals surface area (Å²) < 4.78 is 67.0.